The summed E-state index contributed by atoms with van der Waals surface area (Å²) in [5.41, 5.74) is 0.839. The van der Waals surface area contributed by atoms with Crippen molar-refractivity contribution in [1.82, 2.24) is 25.4 Å². The van der Waals surface area contributed by atoms with Crippen molar-refractivity contribution in [1.29, 1.82) is 0 Å². The number of rotatable bonds is 6. The topological polar surface area (TPSA) is 124 Å². The first-order chi connectivity index (χ1) is 20.5. The van der Waals surface area contributed by atoms with Crippen LogP contribution in [0.3, 0.4) is 0 Å². The Morgan fingerprint density at radius 2 is 1.58 bits per heavy atom. The first-order valence-electron chi connectivity index (χ1n) is 16.1. The van der Waals surface area contributed by atoms with Gasteiger partial charge in [0.25, 0.3) is 5.91 Å². The minimum atomic E-state index is -0.707. The van der Waals surface area contributed by atoms with Crippen LogP contribution >= 0.6 is 0 Å². The molecule has 0 aromatic carbocycles. The molecule has 5 rings (SSSR count). The number of piperidine rings is 4. The van der Waals surface area contributed by atoms with Crippen molar-refractivity contribution in [2.45, 2.75) is 83.8 Å². The number of nitrogens with zero attached hydrogens (tertiary/aromatic N) is 4. The lowest BCUT2D eigenvalue weighted by atomic mass is 9.78. The second kappa shape index (κ2) is 13.6. The second-order valence-corrected chi connectivity index (χ2v) is 13.8. The molecule has 0 bridgehead atoms. The molecule has 4 aliphatic heterocycles. The Hall–Kier alpha value is -3.21. The number of carbonyl (C=O) groups excluding carboxylic acids is 4. The number of carbonyl (C=O) groups is 4. The van der Waals surface area contributed by atoms with Gasteiger partial charge in [0.05, 0.1) is 11.9 Å². The lowest BCUT2D eigenvalue weighted by molar-refractivity contribution is -0.134. The Morgan fingerprint density at radius 3 is 2.16 bits per heavy atom. The number of anilines is 1. The van der Waals surface area contributed by atoms with Gasteiger partial charge in [-0.3, -0.25) is 19.7 Å². The third-order valence-corrected chi connectivity index (χ3v) is 9.51. The van der Waals surface area contributed by atoms with Crippen LogP contribution in [0.1, 0.15) is 82.6 Å². The van der Waals surface area contributed by atoms with Crippen LogP contribution in [0.15, 0.2) is 18.3 Å². The number of imide groups is 1. The SMILES string of the molecule is CC(C)(C)OC(=O)N1CCC(CN2CCC(C3CCN(c4ccc(C(=O)NC5CCC(=O)NC5=O)nc4)CC3)CC2)CC1. The Kier molecular flexibility index (Phi) is 9.88. The summed E-state index contributed by atoms with van der Waals surface area (Å²) in [5, 5.41) is 4.94. The van der Waals surface area contributed by atoms with Crippen LogP contribution in [-0.4, -0.2) is 96.1 Å². The number of hydrogen-bond acceptors (Lipinski definition) is 8. The lowest BCUT2D eigenvalue weighted by Crippen LogP contribution is -2.52. The highest BCUT2D eigenvalue weighted by molar-refractivity contribution is 6.03. The molecule has 2 N–H and O–H groups in total. The fourth-order valence-corrected chi connectivity index (χ4v) is 7.00. The van der Waals surface area contributed by atoms with Gasteiger partial charge in [-0.05, 0) is 109 Å². The molecule has 0 aliphatic carbocycles. The quantitative estimate of drug-likeness (QED) is 0.480. The van der Waals surface area contributed by atoms with Crippen LogP contribution in [0.25, 0.3) is 0 Å². The number of amides is 4. The molecule has 1 aromatic heterocycles. The van der Waals surface area contributed by atoms with E-state index in [1.165, 1.54) is 38.8 Å². The normalized spacial score (nSPS) is 23.7. The summed E-state index contributed by atoms with van der Waals surface area (Å²) in [6.45, 7) is 12.8. The van der Waals surface area contributed by atoms with E-state index in [0.717, 1.165) is 63.1 Å². The van der Waals surface area contributed by atoms with Crippen LogP contribution in [-0.2, 0) is 14.3 Å². The molecule has 4 saturated heterocycles. The molecule has 0 radical (unpaired) electrons. The summed E-state index contributed by atoms with van der Waals surface area (Å²) < 4.78 is 5.54. The Balaban J connectivity index is 0.996. The zero-order valence-corrected chi connectivity index (χ0v) is 26.0. The van der Waals surface area contributed by atoms with E-state index in [4.69, 9.17) is 4.74 Å². The lowest BCUT2D eigenvalue weighted by Gasteiger charge is -2.42. The largest absolute Gasteiger partial charge is 0.444 e. The van der Waals surface area contributed by atoms with E-state index in [-0.39, 0.29) is 24.1 Å². The van der Waals surface area contributed by atoms with Crippen molar-refractivity contribution < 1.29 is 23.9 Å². The molecule has 11 heteroatoms. The highest BCUT2D eigenvalue weighted by Gasteiger charge is 2.33. The van der Waals surface area contributed by atoms with E-state index in [1.54, 1.807) is 12.3 Å². The molecule has 4 fully saturated rings. The monoisotopic (exact) mass is 596 g/mol. The Labute approximate surface area is 255 Å². The van der Waals surface area contributed by atoms with E-state index < -0.39 is 23.5 Å². The van der Waals surface area contributed by atoms with E-state index in [1.807, 2.05) is 31.7 Å². The van der Waals surface area contributed by atoms with Crippen molar-refractivity contribution in [3.05, 3.63) is 24.0 Å². The molecule has 43 heavy (non-hydrogen) atoms. The number of aromatic nitrogens is 1. The van der Waals surface area contributed by atoms with Crippen LogP contribution in [0, 0.1) is 17.8 Å². The standard InChI is InChI=1S/C32H48N6O5/c1-32(2,3)43-31(42)38-16-8-22(9-17-38)21-36-14-10-23(11-15-36)24-12-18-37(19-13-24)25-4-5-26(33-20-25)29(40)34-27-6-7-28(39)35-30(27)41/h4-5,20,22-24,27H,6-19,21H2,1-3H3,(H,34,40)(H,35,39,41). The minimum Gasteiger partial charge on any atom is -0.444 e. The number of ether oxygens (including phenoxy) is 1. The smallest absolute Gasteiger partial charge is 0.410 e. The summed E-state index contributed by atoms with van der Waals surface area (Å²) in [5.74, 6) is 1.01. The van der Waals surface area contributed by atoms with Gasteiger partial charge in [-0.1, -0.05) is 0 Å². The molecule has 4 amide bonds. The van der Waals surface area contributed by atoms with Gasteiger partial charge in [0.2, 0.25) is 11.8 Å². The fourth-order valence-electron chi connectivity index (χ4n) is 7.00. The van der Waals surface area contributed by atoms with E-state index in [0.29, 0.717) is 12.3 Å². The summed E-state index contributed by atoms with van der Waals surface area (Å²) in [7, 11) is 0. The average molecular weight is 597 g/mol. The molecule has 1 atom stereocenters. The third-order valence-electron chi connectivity index (χ3n) is 9.51. The van der Waals surface area contributed by atoms with Crippen molar-refractivity contribution in [3.63, 3.8) is 0 Å². The molecular formula is C32H48N6O5. The molecule has 4 aliphatic rings. The molecule has 0 saturated carbocycles. The van der Waals surface area contributed by atoms with Gasteiger partial charge in [0.15, 0.2) is 0 Å². The predicted molar refractivity (Wildman–Crippen MR) is 163 cm³/mol. The van der Waals surface area contributed by atoms with E-state index >= 15 is 0 Å². The van der Waals surface area contributed by atoms with Gasteiger partial charge in [-0.25, -0.2) is 9.78 Å². The zero-order valence-electron chi connectivity index (χ0n) is 26.0. The molecule has 1 unspecified atom stereocenters. The van der Waals surface area contributed by atoms with Gasteiger partial charge >= 0.3 is 6.09 Å². The van der Waals surface area contributed by atoms with E-state index in [2.05, 4.69) is 25.4 Å². The summed E-state index contributed by atoms with van der Waals surface area (Å²) in [6, 6.07) is 2.93. The molecule has 1 aromatic rings. The highest BCUT2D eigenvalue weighted by atomic mass is 16.6. The van der Waals surface area contributed by atoms with Crippen molar-refractivity contribution >= 4 is 29.5 Å². The molecule has 11 nitrogen and oxygen atoms in total. The molecule has 5 heterocycles. The minimum absolute atomic E-state index is 0.180. The number of nitrogens with one attached hydrogen (secondary N) is 2. The van der Waals surface area contributed by atoms with Gasteiger partial charge in [0, 0.05) is 39.1 Å². The summed E-state index contributed by atoms with van der Waals surface area (Å²) in [6.07, 6.45) is 9.07. The van der Waals surface area contributed by atoms with Crippen LogP contribution in [0.2, 0.25) is 0 Å². The zero-order chi connectivity index (χ0) is 30.6. The van der Waals surface area contributed by atoms with Gasteiger partial charge in [-0.15, -0.1) is 0 Å². The average Bonchev–Trinajstić information content (AvgIpc) is 2.99. The third kappa shape index (κ3) is 8.46. The van der Waals surface area contributed by atoms with Crippen LogP contribution in [0.5, 0.6) is 0 Å². The van der Waals surface area contributed by atoms with Crippen molar-refractivity contribution in [3.8, 4) is 0 Å². The maximum Gasteiger partial charge on any atom is 0.410 e. The first kappa shape index (κ1) is 31.2. The number of hydrogen-bond donors (Lipinski definition) is 2. The van der Waals surface area contributed by atoms with Gasteiger partial charge < -0.3 is 24.8 Å². The van der Waals surface area contributed by atoms with Crippen LogP contribution in [0.4, 0.5) is 10.5 Å². The Morgan fingerprint density at radius 1 is 0.930 bits per heavy atom. The van der Waals surface area contributed by atoms with Crippen molar-refractivity contribution in [2.24, 2.45) is 17.8 Å². The van der Waals surface area contributed by atoms with Crippen LogP contribution < -0.4 is 15.5 Å². The van der Waals surface area contributed by atoms with Gasteiger partial charge in [0.1, 0.15) is 17.3 Å². The summed E-state index contributed by atoms with van der Waals surface area (Å²) in [4.78, 5) is 59.4. The fraction of sp³-hybridized carbons (Fsp3) is 0.719. The second-order valence-electron chi connectivity index (χ2n) is 13.8. The highest BCUT2D eigenvalue weighted by Crippen LogP contribution is 2.34. The predicted octanol–water partition coefficient (Wildman–Crippen LogP) is 3.19. The Bertz CT molecular complexity index is 1140. The molecule has 236 valence electrons. The first-order valence-corrected chi connectivity index (χ1v) is 16.1. The number of pyridine rings is 1. The summed E-state index contributed by atoms with van der Waals surface area (Å²) >= 11 is 0. The maximum atomic E-state index is 12.6. The van der Waals surface area contributed by atoms with Crippen molar-refractivity contribution in [2.75, 3.05) is 50.7 Å². The number of likely N-dealkylation sites (tertiary alicyclic amines) is 2. The van der Waals surface area contributed by atoms with Gasteiger partial charge in [-0.2, -0.15) is 0 Å². The van der Waals surface area contributed by atoms with E-state index in [9.17, 15) is 19.2 Å². The molecule has 0 spiro atoms. The molecular weight excluding hydrogens is 548 g/mol. The maximum absolute atomic E-state index is 12.6.